The van der Waals surface area contributed by atoms with E-state index in [9.17, 15) is 14.4 Å². The normalized spacial score (nSPS) is 13.6. The number of rotatable bonds is 5. The number of carbonyl (C=O) groups excluding carboxylic acids is 3. The van der Waals surface area contributed by atoms with Gasteiger partial charge < -0.3 is 33.6 Å². The summed E-state index contributed by atoms with van der Waals surface area (Å²) < 4.78 is 22.0. The number of aromatic nitrogens is 2. The first-order valence-electron chi connectivity index (χ1n) is 17.4. The zero-order valence-electron chi connectivity index (χ0n) is 30.0. The number of benzene rings is 4. The maximum absolute atomic E-state index is 12.8. The Labute approximate surface area is 318 Å². The zero-order chi connectivity index (χ0) is 38.0. The van der Waals surface area contributed by atoms with Crippen LogP contribution in [-0.4, -0.2) is 51.4 Å². The number of Topliss-reactive ketones (excluding diaryl/α,β-unsaturated/α-hetero) is 1. The molecule has 6 aromatic rings. The van der Waals surface area contributed by atoms with Crippen LogP contribution >= 0.6 is 11.6 Å². The minimum absolute atomic E-state index is 0.0256. The molecule has 2 amide bonds. The van der Waals surface area contributed by atoms with Crippen LogP contribution in [0.15, 0.2) is 146 Å². The minimum Gasteiger partial charge on any atom is -0.475 e. The van der Waals surface area contributed by atoms with E-state index >= 15 is 0 Å². The number of ketones is 1. The molecule has 2 aromatic heterocycles. The van der Waals surface area contributed by atoms with Gasteiger partial charge in [0.15, 0.2) is 23.4 Å². The second kappa shape index (κ2) is 17.3. The number of halogens is 1. The second-order valence-electron chi connectivity index (χ2n) is 12.0. The average Bonchev–Trinajstić information content (AvgIpc) is 3.85. The molecule has 4 heterocycles. The van der Waals surface area contributed by atoms with Gasteiger partial charge in [0.2, 0.25) is 5.78 Å². The summed E-state index contributed by atoms with van der Waals surface area (Å²) in [5.74, 6) is 2.30. The number of ether oxygens (including phenoxy) is 3. The molecule has 2 aliphatic rings. The Balaban J connectivity index is 0.000000164. The lowest BCUT2D eigenvalue weighted by Gasteiger charge is -2.18. The summed E-state index contributed by atoms with van der Waals surface area (Å²) in [6.45, 7) is 4.85. The third-order valence-electron chi connectivity index (χ3n) is 8.56. The molecule has 0 saturated carbocycles. The monoisotopic (exact) mass is 740 g/mol. The summed E-state index contributed by atoms with van der Waals surface area (Å²) in [6, 6.07) is 42.3. The van der Waals surface area contributed by atoms with Crippen molar-refractivity contribution >= 4 is 40.4 Å². The molecule has 0 saturated heterocycles. The zero-order valence-corrected chi connectivity index (χ0v) is 30.8. The molecule has 0 bridgehead atoms. The summed E-state index contributed by atoms with van der Waals surface area (Å²) in [5.41, 5.74) is 4.89. The molecule has 4 aromatic carbocycles. The van der Waals surface area contributed by atoms with E-state index in [4.69, 9.17) is 25.8 Å². The van der Waals surface area contributed by atoms with Gasteiger partial charge >= 0.3 is 11.5 Å². The molecule has 1 unspecified atom stereocenters. The second-order valence-corrected chi connectivity index (χ2v) is 12.4. The number of hydrogen-bond donors (Lipinski definition) is 1. The molecule has 2 aliphatic heterocycles. The third-order valence-corrected chi connectivity index (χ3v) is 8.70. The first-order valence-corrected chi connectivity index (χ1v) is 17.8. The molecular weight excluding hydrogens is 702 g/mol. The minimum atomic E-state index is -0.608. The van der Waals surface area contributed by atoms with E-state index in [2.05, 4.69) is 5.32 Å². The lowest BCUT2D eigenvalue weighted by molar-refractivity contribution is 0.0796. The van der Waals surface area contributed by atoms with Crippen molar-refractivity contribution in [1.29, 1.82) is 0 Å². The Morgan fingerprint density at radius 1 is 0.741 bits per heavy atom. The van der Waals surface area contributed by atoms with E-state index in [1.165, 1.54) is 4.90 Å². The van der Waals surface area contributed by atoms with Crippen molar-refractivity contribution in [3.05, 3.63) is 168 Å². The molecule has 8 rings (SSSR count). The molecule has 0 spiro atoms. The van der Waals surface area contributed by atoms with Crippen molar-refractivity contribution in [3.8, 4) is 22.9 Å². The van der Waals surface area contributed by atoms with Crippen molar-refractivity contribution in [3.63, 3.8) is 0 Å². The molecule has 1 atom stereocenters. The van der Waals surface area contributed by atoms with Crippen LogP contribution in [0.3, 0.4) is 0 Å². The first kappa shape index (κ1) is 37.2. The molecule has 0 radical (unpaired) electrons. The van der Waals surface area contributed by atoms with Crippen molar-refractivity contribution in [1.82, 2.24) is 19.4 Å². The molecule has 1 N–H and O–H groups in total. The van der Waals surface area contributed by atoms with Crippen LogP contribution in [0.1, 0.15) is 47.3 Å². The van der Waals surface area contributed by atoms with E-state index in [-0.39, 0.29) is 5.78 Å². The predicted molar refractivity (Wildman–Crippen MR) is 209 cm³/mol. The van der Waals surface area contributed by atoms with E-state index in [1.807, 2.05) is 162 Å². The number of nitrogens with zero attached hydrogens (tertiary/aromatic N) is 3. The highest BCUT2D eigenvalue weighted by molar-refractivity contribution is 6.62. The van der Waals surface area contributed by atoms with Crippen molar-refractivity contribution in [2.75, 3.05) is 20.1 Å². The largest absolute Gasteiger partial charge is 0.475 e. The van der Waals surface area contributed by atoms with Gasteiger partial charge in [-0.2, -0.15) is 0 Å². The van der Waals surface area contributed by atoms with Gasteiger partial charge in [-0.15, -0.1) is 0 Å². The maximum atomic E-state index is 12.8. The lowest BCUT2D eigenvalue weighted by Crippen LogP contribution is -2.27. The van der Waals surface area contributed by atoms with Crippen LogP contribution in [0.25, 0.3) is 22.9 Å². The summed E-state index contributed by atoms with van der Waals surface area (Å²) >= 11 is 4.83. The highest BCUT2D eigenvalue weighted by Crippen LogP contribution is 2.39. The SMILES string of the molecule is CCN(C)[11C](=O)OC1=C(c2ccccc2)Oc2ccccc2-n2cccc21.CCN[11C](=O)Cl.O=C1c2cccn2-c2ccccc2OC1c1ccccc1. The number of fused-ring (bicyclic) bond motifs is 6. The topological polar surface area (TPSA) is 104 Å². The molecule has 54 heavy (non-hydrogen) atoms. The van der Waals surface area contributed by atoms with Gasteiger partial charge in [-0.05, 0) is 74.0 Å². The van der Waals surface area contributed by atoms with Gasteiger partial charge in [0.25, 0.3) is 0 Å². The molecular formula is C43H39ClN4O6. The third kappa shape index (κ3) is 8.24. The van der Waals surface area contributed by atoms with Crippen LogP contribution in [-0.2, 0) is 4.74 Å². The fourth-order valence-electron chi connectivity index (χ4n) is 5.81. The van der Waals surface area contributed by atoms with Gasteiger partial charge in [-0.1, -0.05) is 84.9 Å². The Kier molecular flexibility index (Phi) is 12.0. The average molecular weight is 741 g/mol. The summed E-state index contributed by atoms with van der Waals surface area (Å²) in [5, 5.41) is 1.85. The fraction of sp³-hybridized carbons (Fsp3) is 0.140. The van der Waals surface area contributed by atoms with E-state index < -0.39 is 17.6 Å². The number of para-hydroxylation sites is 4. The Bertz CT molecular complexity index is 2260. The molecule has 274 valence electrons. The van der Waals surface area contributed by atoms with Gasteiger partial charge in [0, 0.05) is 43.7 Å². The highest BCUT2D eigenvalue weighted by atomic mass is 35.5. The van der Waals surface area contributed by atoms with Crippen molar-refractivity contribution in [2.24, 2.45) is 0 Å². The fourth-order valence-corrected chi connectivity index (χ4v) is 5.95. The standard InChI is InChI=1S/C22H20N2O3.C18H13NO2.C3H6ClNO/c1-3-23(2)22(25)27-21-18-13-9-15-24(18)17-12-7-8-14-19(17)26-20(21)16-10-5-4-6-11-16;20-17-15-10-6-12-19(15)14-9-4-5-11-16(14)21-18(17)13-7-2-1-3-8-13;1-2-5-3(4)6/h4-15H,3H2,1-2H3;1-12,18H;2H2,1H3,(H,5,6)/i22-1;;3-1. The molecule has 0 fully saturated rings. The van der Waals surface area contributed by atoms with Crippen LogP contribution in [0.4, 0.5) is 9.59 Å². The summed E-state index contributed by atoms with van der Waals surface area (Å²) in [4.78, 5) is 36.6. The number of amides is 2. The highest BCUT2D eigenvalue weighted by Gasteiger charge is 2.31. The molecule has 0 aliphatic carbocycles. The van der Waals surface area contributed by atoms with Gasteiger partial charge in [0.1, 0.15) is 5.75 Å². The molecule has 11 heteroatoms. The van der Waals surface area contributed by atoms with Crippen LogP contribution in [0.2, 0.25) is 0 Å². The lowest BCUT2D eigenvalue weighted by atomic mass is 10.0. The Morgan fingerprint density at radius 2 is 1.30 bits per heavy atom. The van der Waals surface area contributed by atoms with Crippen LogP contribution in [0, 0.1) is 0 Å². The van der Waals surface area contributed by atoms with Gasteiger partial charge in [0.05, 0.1) is 22.8 Å². The summed E-state index contributed by atoms with van der Waals surface area (Å²) in [7, 11) is 1.70. The van der Waals surface area contributed by atoms with Crippen molar-refractivity contribution in [2.45, 2.75) is 20.0 Å². The van der Waals surface area contributed by atoms with Gasteiger partial charge in [-0.25, -0.2) is 4.79 Å². The van der Waals surface area contributed by atoms with E-state index in [0.29, 0.717) is 36.1 Å². The van der Waals surface area contributed by atoms with Crippen LogP contribution < -0.4 is 14.8 Å². The number of hydrogen-bond acceptors (Lipinski definition) is 6. The predicted octanol–water partition coefficient (Wildman–Crippen LogP) is 9.53. The quantitative estimate of drug-likeness (QED) is 0.140. The molecule has 10 nitrogen and oxygen atoms in total. The number of carbonyl (C=O) groups is 3. The Hall–Kier alpha value is -6.52. The summed E-state index contributed by atoms with van der Waals surface area (Å²) in [6.07, 6.45) is 2.79. The smallest absolute Gasteiger partial charge is 0.415 e. The van der Waals surface area contributed by atoms with E-state index in [0.717, 1.165) is 33.9 Å². The van der Waals surface area contributed by atoms with Crippen LogP contribution in [0.5, 0.6) is 11.5 Å². The first-order chi connectivity index (χ1) is 26.3. The number of nitrogens with one attached hydrogen (secondary N) is 1. The maximum Gasteiger partial charge on any atom is 0.415 e. The van der Waals surface area contributed by atoms with Crippen molar-refractivity contribution < 1.29 is 28.6 Å². The Morgan fingerprint density at radius 3 is 1.91 bits per heavy atom. The van der Waals surface area contributed by atoms with Gasteiger partial charge in [-0.3, -0.25) is 9.59 Å². The van der Waals surface area contributed by atoms with E-state index in [1.54, 1.807) is 14.0 Å².